The minimum absolute atomic E-state index is 0.197. The predicted molar refractivity (Wildman–Crippen MR) is 71.2 cm³/mol. The summed E-state index contributed by atoms with van der Waals surface area (Å²) in [6.45, 7) is 2.29. The van der Waals surface area contributed by atoms with Gasteiger partial charge in [0.2, 0.25) is 0 Å². The second-order valence-electron chi connectivity index (χ2n) is 4.86. The van der Waals surface area contributed by atoms with Crippen LogP contribution in [0.1, 0.15) is 22.4 Å². The lowest BCUT2D eigenvalue weighted by Gasteiger charge is -2.26. The number of aromatic nitrogens is 5. The molecule has 0 saturated carbocycles. The highest BCUT2D eigenvalue weighted by Gasteiger charge is 2.21. The molecule has 8 heteroatoms. The van der Waals surface area contributed by atoms with Crippen molar-refractivity contribution in [3.8, 4) is 0 Å². The zero-order chi connectivity index (χ0) is 13.9. The molecule has 0 bridgehead atoms. The van der Waals surface area contributed by atoms with E-state index in [9.17, 15) is 4.79 Å². The van der Waals surface area contributed by atoms with Crippen molar-refractivity contribution >= 4 is 5.91 Å². The second-order valence-corrected chi connectivity index (χ2v) is 4.86. The summed E-state index contributed by atoms with van der Waals surface area (Å²) in [5.41, 5.74) is 0.358. The number of rotatable bonds is 5. The van der Waals surface area contributed by atoms with Crippen molar-refractivity contribution in [3.05, 3.63) is 30.1 Å². The lowest BCUT2D eigenvalue weighted by molar-refractivity contribution is 0.0949. The van der Waals surface area contributed by atoms with Crippen LogP contribution in [0.15, 0.2) is 18.6 Å². The third-order valence-electron chi connectivity index (χ3n) is 3.43. The van der Waals surface area contributed by atoms with E-state index in [4.69, 9.17) is 0 Å². The number of aryl methyl sites for hydroxylation is 1. The molecule has 2 aromatic rings. The molecule has 1 aliphatic rings. The summed E-state index contributed by atoms with van der Waals surface area (Å²) in [6.07, 6.45) is 6.02. The number of imidazole rings is 1. The molecule has 2 N–H and O–H groups in total. The Morgan fingerprint density at radius 1 is 1.55 bits per heavy atom. The molecule has 1 amide bonds. The van der Waals surface area contributed by atoms with Crippen LogP contribution in [0.4, 0.5) is 0 Å². The Labute approximate surface area is 116 Å². The number of amides is 1. The van der Waals surface area contributed by atoms with Crippen LogP contribution in [0.25, 0.3) is 0 Å². The fourth-order valence-corrected chi connectivity index (χ4v) is 2.04. The number of carbonyl (C=O) groups excluding carboxylic acids is 1. The molecular weight excluding hydrogens is 258 g/mol. The first-order chi connectivity index (χ1) is 9.74. The van der Waals surface area contributed by atoms with Gasteiger partial charge in [0.05, 0.1) is 12.2 Å². The zero-order valence-corrected chi connectivity index (χ0v) is 11.3. The fourth-order valence-electron chi connectivity index (χ4n) is 2.04. The van der Waals surface area contributed by atoms with Crippen LogP contribution in [0.5, 0.6) is 0 Å². The van der Waals surface area contributed by atoms with E-state index in [1.165, 1.54) is 0 Å². The molecule has 3 heterocycles. The summed E-state index contributed by atoms with van der Waals surface area (Å²) in [5.74, 6) is 0.743. The first-order valence-electron chi connectivity index (χ1n) is 6.61. The second kappa shape index (κ2) is 5.41. The first kappa shape index (κ1) is 12.8. The standard InChI is InChI=1S/C12H17N7O/c1-18-5-4-14-11(18)2-3-15-12(20)10-8-19(17-16-10)9-6-13-7-9/h4-5,8-9,13H,2-3,6-7H2,1H3,(H,15,20). The molecule has 0 aliphatic carbocycles. The molecule has 20 heavy (non-hydrogen) atoms. The summed E-state index contributed by atoms with van der Waals surface area (Å²) in [7, 11) is 1.93. The predicted octanol–water partition coefficient (Wildman–Crippen LogP) is -0.872. The largest absolute Gasteiger partial charge is 0.350 e. The van der Waals surface area contributed by atoms with Gasteiger partial charge in [-0.25, -0.2) is 9.67 Å². The highest BCUT2D eigenvalue weighted by atomic mass is 16.2. The fraction of sp³-hybridized carbons (Fsp3) is 0.500. The Bertz CT molecular complexity index is 598. The summed E-state index contributed by atoms with van der Waals surface area (Å²) >= 11 is 0. The molecule has 0 radical (unpaired) electrons. The maximum atomic E-state index is 11.9. The Morgan fingerprint density at radius 2 is 2.40 bits per heavy atom. The number of hydrogen-bond acceptors (Lipinski definition) is 5. The smallest absolute Gasteiger partial charge is 0.273 e. The van der Waals surface area contributed by atoms with E-state index in [1.807, 2.05) is 17.8 Å². The molecule has 0 aromatic carbocycles. The molecule has 1 saturated heterocycles. The van der Waals surface area contributed by atoms with Gasteiger partial charge in [-0.05, 0) is 0 Å². The molecule has 1 aliphatic heterocycles. The van der Waals surface area contributed by atoms with Gasteiger partial charge < -0.3 is 15.2 Å². The Balaban J connectivity index is 1.51. The minimum Gasteiger partial charge on any atom is -0.350 e. The zero-order valence-electron chi connectivity index (χ0n) is 11.3. The molecule has 0 atom stereocenters. The van der Waals surface area contributed by atoms with Gasteiger partial charge in [0, 0.05) is 45.5 Å². The minimum atomic E-state index is -0.197. The van der Waals surface area contributed by atoms with E-state index < -0.39 is 0 Å². The van der Waals surface area contributed by atoms with Gasteiger partial charge in [-0.15, -0.1) is 5.10 Å². The van der Waals surface area contributed by atoms with Gasteiger partial charge in [0.1, 0.15) is 5.82 Å². The van der Waals surface area contributed by atoms with Crippen molar-refractivity contribution in [2.45, 2.75) is 12.5 Å². The topological polar surface area (TPSA) is 89.7 Å². The third-order valence-corrected chi connectivity index (χ3v) is 3.43. The van der Waals surface area contributed by atoms with Crippen LogP contribution in [0.2, 0.25) is 0 Å². The van der Waals surface area contributed by atoms with Crippen molar-refractivity contribution in [2.75, 3.05) is 19.6 Å². The summed E-state index contributed by atoms with van der Waals surface area (Å²) in [5, 5.41) is 13.9. The van der Waals surface area contributed by atoms with Crippen LogP contribution < -0.4 is 10.6 Å². The third kappa shape index (κ3) is 2.55. The van der Waals surface area contributed by atoms with E-state index in [2.05, 4.69) is 25.9 Å². The lowest BCUT2D eigenvalue weighted by Crippen LogP contribution is -2.43. The Hall–Kier alpha value is -2.22. The molecule has 0 unspecified atom stereocenters. The Morgan fingerprint density at radius 3 is 3.05 bits per heavy atom. The highest BCUT2D eigenvalue weighted by Crippen LogP contribution is 2.09. The number of nitrogens with one attached hydrogen (secondary N) is 2. The van der Waals surface area contributed by atoms with E-state index in [0.29, 0.717) is 24.7 Å². The van der Waals surface area contributed by atoms with E-state index in [-0.39, 0.29) is 5.91 Å². The summed E-state index contributed by atoms with van der Waals surface area (Å²) < 4.78 is 3.68. The normalized spacial score (nSPS) is 15.1. The van der Waals surface area contributed by atoms with Gasteiger partial charge in [-0.2, -0.15) is 0 Å². The van der Waals surface area contributed by atoms with Crippen LogP contribution >= 0.6 is 0 Å². The average Bonchev–Trinajstić information content (AvgIpc) is 2.97. The highest BCUT2D eigenvalue weighted by molar-refractivity contribution is 5.91. The number of carbonyl (C=O) groups is 1. The number of hydrogen-bond donors (Lipinski definition) is 2. The molecular formula is C12H17N7O. The van der Waals surface area contributed by atoms with Gasteiger partial charge >= 0.3 is 0 Å². The lowest BCUT2D eigenvalue weighted by atomic mass is 10.2. The molecule has 8 nitrogen and oxygen atoms in total. The SMILES string of the molecule is Cn1ccnc1CCNC(=O)c1cn(C2CNC2)nn1. The van der Waals surface area contributed by atoms with Crippen LogP contribution in [-0.2, 0) is 13.5 Å². The maximum Gasteiger partial charge on any atom is 0.273 e. The first-order valence-corrected chi connectivity index (χ1v) is 6.61. The van der Waals surface area contributed by atoms with E-state index in [0.717, 1.165) is 18.9 Å². The van der Waals surface area contributed by atoms with Gasteiger partial charge in [-0.1, -0.05) is 5.21 Å². The van der Waals surface area contributed by atoms with Crippen molar-refractivity contribution in [1.29, 1.82) is 0 Å². The van der Waals surface area contributed by atoms with Crippen molar-refractivity contribution in [2.24, 2.45) is 7.05 Å². The van der Waals surface area contributed by atoms with Crippen LogP contribution in [0.3, 0.4) is 0 Å². The van der Waals surface area contributed by atoms with Crippen LogP contribution in [0, 0.1) is 0 Å². The number of nitrogens with zero attached hydrogens (tertiary/aromatic N) is 5. The molecule has 106 valence electrons. The average molecular weight is 275 g/mol. The molecule has 3 rings (SSSR count). The molecule has 0 spiro atoms. The van der Waals surface area contributed by atoms with E-state index in [1.54, 1.807) is 17.1 Å². The molecule has 2 aromatic heterocycles. The Kier molecular flexibility index (Phi) is 3.46. The van der Waals surface area contributed by atoms with Crippen LogP contribution in [-0.4, -0.2) is 50.1 Å². The molecule has 1 fully saturated rings. The summed E-state index contributed by atoms with van der Waals surface area (Å²) in [6, 6.07) is 0.316. The van der Waals surface area contributed by atoms with Crippen molar-refractivity contribution in [3.63, 3.8) is 0 Å². The van der Waals surface area contributed by atoms with Gasteiger partial charge in [0.15, 0.2) is 5.69 Å². The monoisotopic (exact) mass is 275 g/mol. The quantitative estimate of drug-likeness (QED) is 0.740. The maximum absolute atomic E-state index is 11.9. The van der Waals surface area contributed by atoms with E-state index >= 15 is 0 Å². The van der Waals surface area contributed by atoms with Gasteiger partial charge in [0.25, 0.3) is 5.91 Å². The van der Waals surface area contributed by atoms with Gasteiger partial charge in [-0.3, -0.25) is 4.79 Å². The van der Waals surface area contributed by atoms with Crippen molar-refractivity contribution in [1.82, 2.24) is 35.2 Å². The van der Waals surface area contributed by atoms with Crippen molar-refractivity contribution < 1.29 is 4.79 Å². The summed E-state index contributed by atoms with van der Waals surface area (Å²) in [4.78, 5) is 16.1.